The van der Waals surface area contributed by atoms with Gasteiger partial charge in [-0.3, -0.25) is 0 Å². The van der Waals surface area contributed by atoms with E-state index >= 15 is 0 Å². The maximum absolute atomic E-state index is 3.72. The van der Waals surface area contributed by atoms with Crippen LogP contribution in [0.25, 0.3) is 0 Å². The van der Waals surface area contributed by atoms with Crippen LogP contribution in [0.4, 0.5) is 5.69 Å². The fourth-order valence-electron chi connectivity index (χ4n) is 3.80. The quantitative estimate of drug-likeness (QED) is 0.766. The molecule has 3 rings (SSSR count). The minimum absolute atomic E-state index is 0.555. The van der Waals surface area contributed by atoms with Crippen molar-refractivity contribution in [1.29, 1.82) is 0 Å². The van der Waals surface area contributed by atoms with Crippen molar-refractivity contribution in [3.05, 3.63) is 39.9 Å². The number of benzene rings is 1. The molecule has 1 N–H and O–H groups in total. The van der Waals surface area contributed by atoms with Crippen LogP contribution in [0.2, 0.25) is 0 Å². The molecule has 102 valence electrons. The Bertz CT molecular complexity index is 497. The van der Waals surface area contributed by atoms with Gasteiger partial charge >= 0.3 is 0 Å². The Morgan fingerprint density at radius 2 is 1.84 bits per heavy atom. The number of hydrogen-bond donors (Lipinski definition) is 1. The summed E-state index contributed by atoms with van der Waals surface area (Å²) in [6.07, 6.45) is 7.61. The summed E-state index contributed by atoms with van der Waals surface area (Å²) in [6, 6.07) is 5.05. The van der Waals surface area contributed by atoms with Crippen LogP contribution in [0.15, 0.2) is 28.8 Å². The maximum Gasteiger partial charge on any atom is 0.0348 e. The molecule has 0 spiro atoms. The number of nitrogens with one attached hydrogen (secondary N) is 1. The van der Waals surface area contributed by atoms with Gasteiger partial charge in [-0.05, 0) is 74.6 Å². The molecule has 1 fully saturated rings. The lowest BCUT2D eigenvalue weighted by molar-refractivity contribution is 0.400. The topological polar surface area (TPSA) is 12.0 Å². The third-order valence-corrected chi connectivity index (χ3v) is 6.05. The minimum Gasteiger partial charge on any atom is -0.382 e. The van der Waals surface area contributed by atoms with Gasteiger partial charge in [0, 0.05) is 16.2 Å². The lowest BCUT2D eigenvalue weighted by Crippen LogP contribution is -2.28. The van der Waals surface area contributed by atoms with Crippen molar-refractivity contribution >= 4 is 21.6 Å². The third kappa shape index (κ3) is 2.47. The van der Waals surface area contributed by atoms with Gasteiger partial charge in [-0.2, -0.15) is 0 Å². The minimum atomic E-state index is 0.555. The van der Waals surface area contributed by atoms with E-state index in [0.29, 0.717) is 6.04 Å². The van der Waals surface area contributed by atoms with E-state index in [-0.39, 0.29) is 0 Å². The zero-order valence-electron chi connectivity index (χ0n) is 11.9. The fraction of sp³-hybridized carbons (Fsp3) is 0.529. The molecule has 1 aromatic carbocycles. The molecule has 0 heterocycles. The van der Waals surface area contributed by atoms with Crippen LogP contribution in [-0.4, -0.2) is 6.04 Å². The first kappa shape index (κ1) is 13.2. The van der Waals surface area contributed by atoms with E-state index in [4.69, 9.17) is 0 Å². The summed E-state index contributed by atoms with van der Waals surface area (Å²) in [5, 5.41) is 3.72. The molecular formula is C17H22BrN. The molecule has 0 radical (unpaired) electrons. The summed E-state index contributed by atoms with van der Waals surface area (Å²) in [6.45, 7) is 6.66. The Balaban J connectivity index is 1.73. The predicted octanol–water partition coefficient (Wildman–Crippen LogP) is 5.08. The maximum atomic E-state index is 3.72. The monoisotopic (exact) mass is 319 g/mol. The molecule has 2 aliphatic carbocycles. The summed E-state index contributed by atoms with van der Waals surface area (Å²) in [7, 11) is 0. The van der Waals surface area contributed by atoms with Crippen molar-refractivity contribution in [2.75, 3.05) is 5.32 Å². The van der Waals surface area contributed by atoms with Gasteiger partial charge in [-0.1, -0.05) is 28.1 Å². The predicted molar refractivity (Wildman–Crippen MR) is 85.5 cm³/mol. The average molecular weight is 320 g/mol. The highest BCUT2D eigenvalue weighted by atomic mass is 79.9. The first-order valence-electron chi connectivity index (χ1n) is 7.26. The van der Waals surface area contributed by atoms with Gasteiger partial charge in [0.1, 0.15) is 0 Å². The number of hydrogen-bond acceptors (Lipinski definition) is 1. The molecule has 0 amide bonds. The van der Waals surface area contributed by atoms with Gasteiger partial charge < -0.3 is 5.32 Å². The van der Waals surface area contributed by atoms with Gasteiger partial charge in [0.25, 0.3) is 0 Å². The Labute approximate surface area is 124 Å². The van der Waals surface area contributed by atoms with Crippen LogP contribution in [0.1, 0.15) is 30.9 Å². The summed E-state index contributed by atoms with van der Waals surface area (Å²) in [4.78, 5) is 0. The molecule has 0 aliphatic heterocycles. The second kappa shape index (κ2) is 4.97. The number of rotatable bonds is 3. The molecule has 1 saturated carbocycles. The molecular weight excluding hydrogens is 298 g/mol. The molecule has 2 bridgehead atoms. The summed E-state index contributed by atoms with van der Waals surface area (Å²) in [5.74, 6) is 2.47. The van der Waals surface area contributed by atoms with E-state index in [1.54, 1.807) is 0 Å². The molecule has 2 aliphatic rings. The molecule has 19 heavy (non-hydrogen) atoms. The fourth-order valence-corrected chi connectivity index (χ4v) is 4.03. The highest BCUT2D eigenvalue weighted by Crippen LogP contribution is 2.45. The van der Waals surface area contributed by atoms with Gasteiger partial charge in [0.2, 0.25) is 0 Å². The number of anilines is 1. The van der Waals surface area contributed by atoms with Crippen LogP contribution in [-0.2, 0) is 0 Å². The van der Waals surface area contributed by atoms with E-state index in [0.717, 1.165) is 17.8 Å². The standard InChI is InChI=1S/C17H22BrN/c1-10-6-15(7-11(2)17(10)18)19-12(3)16-9-13-4-5-14(16)8-13/h4-7,12-14,16,19H,8-9H2,1-3H3. The van der Waals surface area contributed by atoms with Crippen molar-refractivity contribution < 1.29 is 0 Å². The molecule has 4 unspecified atom stereocenters. The zero-order chi connectivity index (χ0) is 13.6. The van der Waals surface area contributed by atoms with E-state index in [1.807, 2.05) is 0 Å². The first-order chi connectivity index (χ1) is 9.04. The van der Waals surface area contributed by atoms with Crippen molar-refractivity contribution in [1.82, 2.24) is 0 Å². The molecule has 0 aromatic heterocycles. The van der Waals surface area contributed by atoms with E-state index < -0.39 is 0 Å². The number of allylic oxidation sites excluding steroid dienone is 2. The second-order valence-corrected chi connectivity index (χ2v) is 7.09. The van der Waals surface area contributed by atoms with Crippen LogP contribution >= 0.6 is 15.9 Å². The summed E-state index contributed by atoms with van der Waals surface area (Å²) in [5.41, 5.74) is 3.88. The number of fused-ring (bicyclic) bond motifs is 2. The number of aryl methyl sites for hydroxylation is 2. The van der Waals surface area contributed by atoms with Gasteiger partial charge in [-0.15, -0.1) is 0 Å². The average Bonchev–Trinajstić information content (AvgIpc) is 2.98. The van der Waals surface area contributed by atoms with Crippen molar-refractivity contribution in [2.24, 2.45) is 17.8 Å². The molecule has 1 nitrogen and oxygen atoms in total. The molecule has 2 heteroatoms. The Hall–Kier alpha value is -0.760. The van der Waals surface area contributed by atoms with E-state index in [1.165, 1.54) is 34.1 Å². The summed E-state index contributed by atoms with van der Waals surface area (Å²) >= 11 is 3.64. The smallest absolute Gasteiger partial charge is 0.0348 e. The largest absolute Gasteiger partial charge is 0.382 e. The highest BCUT2D eigenvalue weighted by Gasteiger charge is 2.38. The van der Waals surface area contributed by atoms with Crippen molar-refractivity contribution in [2.45, 2.75) is 39.7 Å². The Morgan fingerprint density at radius 1 is 1.16 bits per heavy atom. The van der Waals surface area contributed by atoms with E-state index in [2.05, 4.69) is 66.3 Å². The third-order valence-electron chi connectivity index (χ3n) is 4.80. The van der Waals surface area contributed by atoms with Crippen molar-refractivity contribution in [3.8, 4) is 0 Å². The van der Waals surface area contributed by atoms with Gasteiger partial charge in [-0.25, -0.2) is 0 Å². The Morgan fingerprint density at radius 3 is 2.37 bits per heavy atom. The van der Waals surface area contributed by atoms with Crippen molar-refractivity contribution in [3.63, 3.8) is 0 Å². The first-order valence-corrected chi connectivity index (χ1v) is 8.05. The zero-order valence-corrected chi connectivity index (χ0v) is 13.5. The highest BCUT2D eigenvalue weighted by molar-refractivity contribution is 9.10. The lowest BCUT2D eigenvalue weighted by atomic mass is 9.87. The molecule has 0 saturated heterocycles. The second-order valence-electron chi connectivity index (χ2n) is 6.30. The van der Waals surface area contributed by atoms with Crippen LogP contribution in [0.5, 0.6) is 0 Å². The molecule has 4 atom stereocenters. The lowest BCUT2D eigenvalue weighted by Gasteiger charge is -2.27. The Kier molecular flexibility index (Phi) is 3.46. The van der Waals surface area contributed by atoms with E-state index in [9.17, 15) is 0 Å². The van der Waals surface area contributed by atoms with Crippen LogP contribution < -0.4 is 5.32 Å². The van der Waals surface area contributed by atoms with Crippen LogP contribution in [0.3, 0.4) is 0 Å². The normalized spacial score (nSPS) is 29.8. The van der Waals surface area contributed by atoms with Gasteiger partial charge in [0.05, 0.1) is 0 Å². The van der Waals surface area contributed by atoms with Gasteiger partial charge in [0.15, 0.2) is 0 Å². The molecule has 1 aromatic rings. The summed E-state index contributed by atoms with van der Waals surface area (Å²) < 4.78 is 1.23. The van der Waals surface area contributed by atoms with Crippen LogP contribution in [0, 0.1) is 31.6 Å². The number of halogens is 1. The SMILES string of the molecule is Cc1cc(NC(C)C2CC3C=CC2C3)cc(C)c1Br.